The zero-order valence-electron chi connectivity index (χ0n) is 16.0. The SMILES string of the molecule is C=CC(=O)SCSC(SCSC(=O)C=C)C(SCSC(=O)C=C)SCSC(=O)C=C. The lowest BCUT2D eigenvalue weighted by molar-refractivity contribution is -0.107. The Kier molecular flexibility index (Phi) is 20.4. The van der Waals surface area contributed by atoms with Crippen molar-refractivity contribution in [3.05, 3.63) is 50.6 Å². The molecule has 0 aromatic heterocycles. The second-order valence-electron chi connectivity index (χ2n) is 4.54. The molecular weight excluding hydrogens is 537 g/mol. The Balaban J connectivity index is 5.08. The van der Waals surface area contributed by atoms with Crippen LogP contribution in [-0.4, -0.2) is 50.0 Å². The fraction of sp³-hybridized carbons (Fsp3) is 0.333. The van der Waals surface area contributed by atoms with Gasteiger partial charge in [-0.05, 0) is 24.3 Å². The summed E-state index contributed by atoms with van der Waals surface area (Å²) in [5.74, 6) is 0. The lowest BCUT2D eigenvalue weighted by Crippen LogP contribution is -2.15. The molecule has 0 fully saturated rings. The molecule has 0 N–H and O–H groups in total. The standard InChI is InChI=1S/C18H22O4S8/c1-5-13(19)23-9-27-17(28-10-24-14(20)6-2)18(29-11-25-15(21)7-3)30-12-26-16(22)8-4/h5-8,17-18H,1-4,9-12H2. The molecule has 166 valence electrons. The van der Waals surface area contributed by atoms with Crippen molar-refractivity contribution in [2.24, 2.45) is 0 Å². The molecule has 0 bridgehead atoms. The molecule has 0 radical (unpaired) electrons. The molecule has 0 aliphatic carbocycles. The number of thioether (sulfide) groups is 8. The third-order valence-corrected chi connectivity index (χ3v) is 13.2. The smallest absolute Gasteiger partial charge is 0.212 e. The van der Waals surface area contributed by atoms with Crippen molar-refractivity contribution in [3.8, 4) is 0 Å². The van der Waals surface area contributed by atoms with Crippen LogP contribution in [0.3, 0.4) is 0 Å². The summed E-state index contributed by atoms with van der Waals surface area (Å²) in [4.78, 5) is 46.1. The summed E-state index contributed by atoms with van der Waals surface area (Å²) in [5.41, 5.74) is 0. The summed E-state index contributed by atoms with van der Waals surface area (Å²) < 4.78 is 0.0724. The van der Waals surface area contributed by atoms with Crippen molar-refractivity contribution in [2.45, 2.75) is 9.16 Å². The van der Waals surface area contributed by atoms with E-state index in [-0.39, 0.29) is 29.6 Å². The Morgan fingerprint density at radius 3 is 0.867 bits per heavy atom. The normalized spacial score (nSPS) is 10.6. The predicted molar refractivity (Wildman–Crippen MR) is 149 cm³/mol. The molecule has 0 atom stereocenters. The van der Waals surface area contributed by atoms with Gasteiger partial charge < -0.3 is 0 Å². The van der Waals surface area contributed by atoms with Crippen LogP contribution in [0, 0.1) is 0 Å². The molecule has 0 saturated carbocycles. The molecule has 0 aromatic carbocycles. The summed E-state index contributed by atoms with van der Waals surface area (Å²) in [6.45, 7) is 13.9. The average molecular weight is 559 g/mol. The van der Waals surface area contributed by atoms with Crippen LogP contribution in [0.4, 0.5) is 0 Å². The van der Waals surface area contributed by atoms with Crippen LogP contribution < -0.4 is 0 Å². The molecule has 0 spiro atoms. The van der Waals surface area contributed by atoms with Gasteiger partial charge in [0.1, 0.15) is 0 Å². The van der Waals surface area contributed by atoms with Gasteiger partial charge in [0.2, 0.25) is 20.5 Å². The van der Waals surface area contributed by atoms with E-state index < -0.39 is 0 Å². The molecule has 30 heavy (non-hydrogen) atoms. The maximum atomic E-state index is 11.5. The van der Waals surface area contributed by atoms with Crippen molar-refractivity contribution < 1.29 is 19.2 Å². The van der Waals surface area contributed by atoms with Gasteiger partial charge in [0.25, 0.3) is 0 Å². The Bertz CT molecular complexity index is 532. The molecule has 0 saturated heterocycles. The summed E-state index contributed by atoms with van der Waals surface area (Å²) >= 11 is 11.1. The number of carbonyl (C=O) groups is 4. The topological polar surface area (TPSA) is 68.3 Å². The van der Waals surface area contributed by atoms with E-state index in [1.54, 1.807) is 47.0 Å². The van der Waals surface area contributed by atoms with E-state index in [1.165, 1.54) is 71.4 Å². The number of hydrogen-bond acceptors (Lipinski definition) is 12. The van der Waals surface area contributed by atoms with Crippen molar-refractivity contribution in [3.63, 3.8) is 0 Å². The van der Waals surface area contributed by atoms with Crippen LogP contribution in [0.15, 0.2) is 50.6 Å². The number of hydrogen-bond donors (Lipinski definition) is 0. The zero-order chi connectivity index (χ0) is 22.8. The highest BCUT2D eigenvalue weighted by Gasteiger charge is 2.25. The first-order chi connectivity index (χ1) is 14.4. The average Bonchev–Trinajstić information content (AvgIpc) is 2.76. The van der Waals surface area contributed by atoms with Gasteiger partial charge in [0, 0.05) is 20.3 Å². The summed E-state index contributed by atoms with van der Waals surface area (Å²) in [6.07, 6.45) is 5.12. The van der Waals surface area contributed by atoms with E-state index >= 15 is 0 Å². The van der Waals surface area contributed by atoms with E-state index in [0.717, 1.165) is 0 Å². The monoisotopic (exact) mass is 558 g/mol. The number of rotatable bonds is 17. The van der Waals surface area contributed by atoms with Gasteiger partial charge >= 0.3 is 0 Å². The largest absolute Gasteiger partial charge is 0.282 e. The fourth-order valence-corrected chi connectivity index (χ4v) is 12.1. The quantitative estimate of drug-likeness (QED) is 0.151. The van der Waals surface area contributed by atoms with E-state index in [0.29, 0.717) is 20.3 Å². The van der Waals surface area contributed by atoms with Gasteiger partial charge in [-0.15, -0.1) is 47.0 Å². The van der Waals surface area contributed by atoms with Crippen molar-refractivity contribution in [1.82, 2.24) is 0 Å². The minimum absolute atomic E-state index is 0.0362. The van der Waals surface area contributed by atoms with Gasteiger partial charge in [0.05, 0.1) is 9.16 Å². The molecule has 0 heterocycles. The third kappa shape index (κ3) is 16.1. The first kappa shape index (κ1) is 30.4. The van der Waals surface area contributed by atoms with Crippen molar-refractivity contribution in [1.29, 1.82) is 0 Å². The molecule has 4 nitrogen and oxygen atoms in total. The minimum Gasteiger partial charge on any atom is -0.282 e. The first-order valence-electron chi connectivity index (χ1n) is 8.01. The van der Waals surface area contributed by atoms with Crippen LogP contribution in [-0.2, 0) is 19.2 Å². The Labute approximate surface area is 212 Å². The molecule has 0 rings (SSSR count). The summed E-state index contributed by atoms with van der Waals surface area (Å²) in [7, 11) is 0. The van der Waals surface area contributed by atoms with E-state index in [9.17, 15) is 19.2 Å². The van der Waals surface area contributed by atoms with Gasteiger partial charge in [-0.3, -0.25) is 19.2 Å². The van der Waals surface area contributed by atoms with Crippen LogP contribution in [0.2, 0.25) is 0 Å². The Morgan fingerprint density at radius 2 is 0.700 bits per heavy atom. The summed E-state index contributed by atoms with van der Waals surface area (Å²) in [6, 6.07) is 0. The molecule has 0 aromatic rings. The Hall–Kier alpha value is 0.440. The van der Waals surface area contributed by atoms with Crippen molar-refractivity contribution >= 4 is 115 Å². The van der Waals surface area contributed by atoms with E-state index in [4.69, 9.17) is 0 Å². The minimum atomic E-state index is -0.0985. The second kappa shape index (κ2) is 20.1. The maximum absolute atomic E-state index is 11.5. The third-order valence-electron chi connectivity index (χ3n) is 2.62. The lowest BCUT2D eigenvalue weighted by Gasteiger charge is -2.25. The highest BCUT2D eigenvalue weighted by atomic mass is 32.3. The predicted octanol–water partition coefficient (Wildman–Crippen LogP) is 6.18. The highest BCUT2D eigenvalue weighted by molar-refractivity contribution is 8.35. The van der Waals surface area contributed by atoms with Crippen LogP contribution >= 0.6 is 94.1 Å². The van der Waals surface area contributed by atoms with Gasteiger partial charge in [-0.25, -0.2) is 0 Å². The summed E-state index contributed by atoms with van der Waals surface area (Å²) in [5, 5.41) is 1.76. The maximum Gasteiger partial charge on any atom is 0.212 e. The molecule has 0 aliphatic heterocycles. The Morgan fingerprint density at radius 1 is 0.500 bits per heavy atom. The van der Waals surface area contributed by atoms with E-state index in [1.807, 2.05) is 0 Å². The molecule has 0 unspecified atom stereocenters. The second-order valence-corrected chi connectivity index (χ2v) is 15.0. The molecule has 0 aliphatic rings. The fourth-order valence-electron chi connectivity index (χ4n) is 1.28. The van der Waals surface area contributed by atoms with Gasteiger partial charge in [-0.1, -0.05) is 73.4 Å². The van der Waals surface area contributed by atoms with Gasteiger partial charge in [-0.2, -0.15) is 0 Å². The van der Waals surface area contributed by atoms with Crippen LogP contribution in [0.1, 0.15) is 0 Å². The van der Waals surface area contributed by atoms with Gasteiger partial charge in [0.15, 0.2) is 0 Å². The highest BCUT2D eigenvalue weighted by Crippen LogP contribution is 2.43. The first-order valence-corrected chi connectivity index (χ1v) is 16.1. The molecule has 0 amide bonds. The molecule has 12 heteroatoms. The zero-order valence-corrected chi connectivity index (χ0v) is 22.6. The number of carbonyl (C=O) groups excluding carboxylic acids is 4. The van der Waals surface area contributed by atoms with E-state index in [2.05, 4.69) is 26.3 Å². The van der Waals surface area contributed by atoms with Crippen molar-refractivity contribution in [2.75, 3.05) is 20.3 Å². The van der Waals surface area contributed by atoms with Crippen LogP contribution in [0.5, 0.6) is 0 Å². The lowest BCUT2D eigenvalue weighted by atomic mass is 10.7. The van der Waals surface area contributed by atoms with Crippen LogP contribution in [0.25, 0.3) is 0 Å². The molecular formula is C18H22O4S8.